The van der Waals surface area contributed by atoms with Crippen LogP contribution in [-0.4, -0.2) is 51.3 Å². The fraction of sp³-hybridized carbons (Fsp3) is 0.611. The molecule has 5 nitrogen and oxygen atoms in total. The van der Waals surface area contributed by atoms with Gasteiger partial charge in [0.25, 0.3) is 0 Å². The molecule has 134 valence electrons. The normalized spacial score (nSPS) is 17.5. The number of hydrogen-bond acceptors (Lipinski definition) is 4. The highest BCUT2D eigenvalue weighted by Gasteiger charge is 2.25. The average Bonchev–Trinajstić information content (AvgIpc) is 2.60. The molecule has 1 aliphatic heterocycles. The SMILES string of the molecule is COCCN1CCC(C(=O)N[C@@H](C)c2ccc(OC)c(F)c2)CC1. The van der Waals surface area contributed by atoms with Gasteiger partial charge in [0.15, 0.2) is 11.6 Å². The third-order valence-electron chi connectivity index (χ3n) is 4.60. The Bertz CT molecular complexity index is 545. The topological polar surface area (TPSA) is 50.8 Å². The van der Waals surface area contributed by atoms with Crippen molar-refractivity contribution in [3.63, 3.8) is 0 Å². The van der Waals surface area contributed by atoms with E-state index >= 15 is 0 Å². The van der Waals surface area contributed by atoms with E-state index in [2.05, 4.69) is 10.2 Å². The Balaban J connectivity index is 1.85. The zero-order valence-corrected chi connectivity index (χ0v) is 14.7. The summed E-state index contributed by atoms with van der Waals surface area (Å²) < 4.78 is 23.8. The molecule has 6 heteroatoms. The van der Waals surface area contributed by atoms with Crippen LogP contribution in [0.5, 0.6) is 5.75 Å². The molecule has 1 saturated heterocycles. The third kappa shape index (κ3) is 4.92. The standard InChI is InChI=1S/C18H27FN2O3/c1-13(15-4-5-17(24-3)16(19)12-15)20-18(22)14-6-8-21(9-7-14)10-11-23-2/h4-5,12-14H,6-11H2,1-3H3,(H,20,22)/t13-/m0/s1. The van der Waals surface area contributed by atoms with Gasteiger partial charge in [-0.3, -0.25) is 4.79 Å². The van der Waals surface area contributed by atoms with Gasteiger partial charge in [-0.15, -0.1) is 0 Å². The fourth-order valence-corrected chi connectivity index (χ4v) is 3.01. The van der Waals surface area contributed by atoms with Gasteiger partial charge in [0.05, 0.1) is 19.8 Å². The number of rotatable bonds is 7. The number of halogens is 1. The lowest BCUT2D eigenvalue weighted by molar-refractivity contribution is -0.127. The Labute approximate surface area is 143 Å². The molecule has 1 fully saturated rings. The maximum atomic E-state index is 13.8. The van der Waals surface area contributed by atoms with Gasteiger partial charge in [0.1, 0.15) is 0 Å². The Kier molecular flexibility index (Phi) is 6.99. The van der Waals surface area contributed by atoms with Crippen molar-refractivity contribution in [1.82, 2.24) is 10.2 Å². The van der Waals surface area contributed by atoms with Gasteiger partial charge in [-0.25, -0.2) is 4.39 Å². The van der Waals surface area contributed by atoms with Gasteiger partial charge in [-0.2, -0.15) is 0 Å². The van der Waals surface area contributed by atoms with Crippen molar-refractivity contribution in [2.45, 2.75) is 25.8 Å². The van der Waals surface area contributed by atoms with E-state index in [-0.39, 0.29) is 23.6 Å². The summed E-state index contributed by atoms with van der Waals surface area (Å²) in [5, 5.41) is 3.00. The molecule has 0 saturated carbocycles. The second-order valence-electron chi connectivity index (χ2n) is 6.23. The summed E-state index contributed by atoms with van der Waals surface area (Å²) in [6.45, 7) is 5.32. The molecular formula is C18H27FN2O3. The third-order valence-corrected chi connectivity index (χ3v) is 4.60. The number of ether oxygens (including phenoxy) is 2. The van der Waals surface area contributed by atoms with Crippen molar-refractivity contribution in [1.29, 1.82) is 0 Å². The molecule has 0 spiro atoms. The lowest BCUT2D eigenvalue weighted by atomic mass is 9.95. The summed E-state index contributed by atoms with van der Waals surface area (Å²) >= 11 is 0. The summed E-state index contributed by atoms with van der Waals surface area (Å²) in [7, 11) is 3.13. The first kappa shape index (κ1) is 18.7. The number of carbonyl (C=O) groups excluding carboxylic acids is 1. The molecule has 1 amide bonds. The Morgan fingerprint density at radius 3 is 2.67 bits per heavy atom. The lowest BCUT2D eigenvalue weighted by Gasteiger charge is -2.31. The predicted octanol–water partition coefficient (Wildman–Crippen LogP) is 2.37. The maximum Gasteiger partial charge on any atom is 0.223 e. The largest absolute Gasteiger partial charge is 0.494 e. The number of piperidine rings is 1. The van der Waals surface area contributed by atoms with E-state index in [1.165, 1.54) is 13.2 Å². The van der Waals surface area contributed by atoms with Crippen LogP contribution in [0, 0.1) is 11.7 Å². The van der Waals surface area contributed by atoms with E-state index in [1.807, 2.05) is 6.92 Å². The van der Waals surface area contributed by atoms with Crippen LogP contribution < -0.4 is 10.1 Å². The van der Waals surface area contributed by atoms with Gasteiger partial charge in [-0.05, 0) is 50.6 Å². The minimum absolute atomic E-state index is 0.0225. The van der Waals surface area contributed by atoms with E-state index in [0.717, 1.165) is 44.6 Å². The second kappa shape index (κ2) is 8.99. The Morgan fingerprint density at radius 1 is 1.38 bits per heavy atom. The molecule has 0 aliphatic carbocycles. The van der Waals surface area contributed by atoms with Crippen LogP contribution in [0.15, 0.2) is 18.2 Å². The van der Waals surface area contributed by atoms with Crippen molar-refractivity contribution in [2.75, 3.05) is 40.5 Å². The first-order valence-electron chi connectivity index (χ1n) is 8.40. The van der Waals surface area contributed by atoms with Gasteiger partial charge < -0.3 is 19.7 Å². The summed E-state index contributed by atoms with van der Waals surface area (Å²) in [4.78, 5) is 14.8. The molecule has 1 aromatic rings. The van der Waals surface area contributed by atoms with Crippen LogP contribution in [0.2, 0.25) is 0 Å². The molecule has 0 bridgehead atoms. The van der Waals surface area contributed by atoms with E-state index in [1.54, 1.807) is 19.2 Å². The molecular weight excluding hydrogens is 311 g/mol. The van der Waals surface area contributed by atoms with Crippen molar-refractivity contribution >= 4 is 5.91 Å². The first-order valence-corrected chi connectivity index (χ1v) is 8.40. The number of nitrogens with one attached hydrogen (secondary N) is 1. The lowest BCUT2D eigenvalue weighted by Crippen LogP contribution is -2.42. The molecule has 2 rings (SSSR count). The number of likely N-dealkylation sites (tertiary alicyclic amines) is 1. The van der Waals surface area contributed by atoms with Gasteiger partial charge in [-0.1, -0.05) is 6.07 Å². The number of hydrogen-bond donors (Lipinski definition) is 1. The molecule has 24 heavy (non-hydrogen) atoms. The monoisotopic (exact) mass is 338 g/mol. The molecule has 1 heterocycles. The van der Waals surface area contributed by atoms with Gasteiger partial charge in [0.2, 0.25) is 5.91 Å². The van der Waals surface area contributed by atoms with Crippen molar-refractivity contribution in [2.24, 2.45) is 5.92 Å². The van der Waals surface area contributed by atoms with Crippen LogP contribution in [0.4, 0.5) is 4.39 Å². The number of methoxy groups -OCH3 is 2. The zero-order valence-electron chi connectivity index (χ0n) is 14.7. The average molecular weight is 338 g/mol. The van der Waals surface area contributed by atoms with Crippen LogP contribution in [-0.2, 0) is 9.53 Å². The number of amides is 1. The van der Waals surface area contributed by atoms with E-state index in [4.69, 9.17) is 9.47 Å². The van der Waals surface area contributed by atoms with Gasteiger partial charge >= 0.3 is 0 Å². The number of benzene rings is 1. The van der Waals surface area contributed by atoms with Crippen LogP contribution in [0.1, 0.15) is 31.4 Å². The van der Waals surface area contributed by atoms with E-state index in [9.17, 15) is 9.18 Å². The minimum atomic E-state index is -0.414. The van der Waals surface area contributed by atoms with E-state index in [0.29, 0.717) is 0 Å². The minimum Gasteiger partial charge on any atom is -0.494 e. The molecule has 1 N–H and O–H groups in total. The highest BCUT2D eigenvalue weighted by atomic mass is 19.1. The summed E-state index contributed by atoms with van der Waals surface area (Å²) in [6, 6.07) is 4.54. The number of carbonyl (C=O) groups is 1. The first-order chi connectivity index (χ1) is 11.5. The zero-order chi connectivity index (χ0) is 17.5. The maximum absolute atomic E-state index is 13.8. The number of nitrogens with zero attached hydrogens (tertiary/aromatic N) is 1. The highest BCUT2D eigenvalue weighted by Crippen LogP contribution is 2.23. The quantitative estimate of drug-likeness (QED) is 0.829. The van der Waals surface area contributed by atoms with Crippen LogP contribution in [0.25, 0.3) is 0 Å². The molecule has 1 aliphatic rings. The summed E-state index contributed by atoms with van der Waals surface area (Å²) in [5.74, 6) is -0.136. The molecule has 1 aromatic carbocycles. The van der Waals surface area contributed by atoms with Crippen LogP contribution in [0.3, 0.4) is 0 Å². The van der Waals surface area contributed by atoms with Crippen molar-refractivity contribution < 1.29 is 18.7 Å². The fourth-order valence-electron chi connectivity index (χ4n) is 3.01. The summed E-state index contributed by atoms with van der Waals surface area (Å²) in [6.07, 6.45) is 1.69. The summed E-state index contributed by atoms with van der Waals surface area (Å²) in [5.41, 5.74) is 0.735. The molecule has 0 aromatic heterocycles. The van der Waals surface area contributed by atoms with Crippen LogP contribution >= 0.6 is 0 Å². The highest BCUT2D eigenvalue weighted by molar-refractivity contribution is 5.79. The van der Waals surface area contributed by atoms with E-state index < -0.39 is 5.82 Å². The second-order valence-corrected chi connectivity index (χ2v) is 6.23. The smallest absolute Gasteiger partial charge is 0.223 e. The molecule has 1 atom stereocenters. The van der Waals surface area contributed by atoms with Crippen molar-refractivity contribution in [3.05, 3.63) is 29.6 Å². The van der Waals surface area contributed by atoms with Crippen molar-refractivity contribution in [3.8, 4) is 5.75 Å². The Hall–Kier alpha value is -1.66. The molecule has 0 radical (unpaired) electrons. The Morgan fingerprint density at radius 2 is 2.08 bits per heavy atom. The predicted molar refractivity (Wildman–Crippen MR) is 90.5 cm³/mol. The van der Waals surface area contributed by atoms with Gasteiger partial charge in [0, 0.05) is 19.6 Å². The molecule has 0 unspecified atom stereocenters.